The van der Waals surface area contributed by atoms with E-state index in [1.165, 1.54) is 12.1 Å². The second-order valence-electron chi connectivity index (χ2n) is 4.34. The number of aryl methyl sites for hydroxylation is 1. The molecule has 0 aliphatic heterocycles. The summed E-state index contributed by atoms with van der Waals surface area (Å²) in [6.07, 6.45) is 0. The predicted octanol–water partition coefficient (Wildman–Crippen LogP) is 3.72. The van der Waals surface area contributed by atoms with Crippen LogP contribution in [0.2, 0.25) is 0 Å². The summed E-state index contributed by atoms with van der Waals surface area (Å²) >= 11 is 0. The highest BCUT2D eigenvalue weighted by Gasteiger charge is 2.21. The molecule has 0 aromatic heterocycles. The maximum Gasteiger partial charge on any atom is 0.163 e. The van der Waals surface area contributed by atoms with E-state index in [-0.39, 0.29) is 5.56 Å². The molecule has 0 aliphatic rings. The van der Waals surface area contributed by atoms with E-state index in [1.807, 2.05) is 0 Å². The van der Waals surface area contributed by atoms with Crippen molar-refractivity contribution in [2.45, 2.75) is 13.0 Å². The standard InChI is InChI=1S/C15H14F3N/c1-9-5-3-6-10(13(9)17)15(19-2)11-7-4-8-12(16)14(11)18/h3-8,15,19H,1-2H3. The first-order valence-corrected chi connectivity index (χ1v) is 5.92. The molecular weight excluding hydrogens is 251 g/mol. The fourth-order valence-electron chi connectivity index (χ4n) is 2.12. The van der Waals surface area contributed by atoms with Crippen LogP contribution in [-0.4, -0.2) is 7.05 Å². The average Bonchev–Trinajstić information content (AvgIpc) is 2.40. The summed E-state index contributed by atoms with van der Waals surface area (Å²) in [5, 5.41) is 2.82. The lowest BCUT2D eigenvalue weighted by Crippen LogP contribution is -2.21. The fourth-order valence-corrected chi connectivity index (χ4v) is 2.12. The van der Waals surface area contributed by atoms with Crippen LogP contribution in [-0.2, 0) is 0 Å². The Kier molecular flexibility index (Phi) is 3.90. The molecule has 0 saturated heterocycles. The lowest BCUT2D eigenvalue weighted by molar-refractivity contribution is 0.482. The van der Waals surface area contributed by atoms with Crippen molar-refractivity contribution in [2.24, 2.45) is 0 Å². The van der Waals surface area contributed by atoms with E-state index >= 15 is 0 Å². The van der Waals surface area contributed by atoms with Gasteiger partial charge in [0, 0.05) is 11.1 Å². The normalized spacial score (nSPS) is 12.5. The summed E-state index contributed by atoms with van der Waals surface area (Å²) in [6, 6.07) is 8.05. The molecule has 2 rings (SSSR count). The summed E-state index contributed by atoms with van der Waals surface area (Å²) in [4.78, 5) is 0. The van der Waals surface area contributed by atoms with Gasteiger partial charge in [-0.2, -0.15) is 0 Å². The minimum atomic E-state index is -0.956. The van der Waals surface area contributed by atoms with Gasteiger partial charge in [-0.3, -0.25) is 0 Å². The van der Waals surface area contributed by atoms with Crippen LogP contribution in [0, 0.1) is 24.4 Å². The van der Waals surface area contributed by atoms with E-state index in [9.17, 15) is 13.2 Å². The zero-order valence-corrected chi connectivity index (χ0v) is 10.7. The molecule has 0 bridgehead atoms. The molecule has 19 heavy (non-hydrogen) atoms. The highest BCUT2D eigenvalue weighted by molar-refractivity contribution is 5.36. The van der Waals surface area contributed by atoms with Crippen LogP contribution in [0.25, 0.3) is 0 Å². The van der Waals surface area contributed by atoms with Gasteiger partial charge < -0.3 is 5.32 Å². The van der Waals surface area contributed by atoms with Crippen LogP contribution in [0.4, 0.5) is 13.2 Å². The first-order valence-electron chi connectivity index (χ1n) is 5.92. The summed E-state index contributed by atoms with van der Waals surface area (Å²) < 4.78 is 41.2. The van der Waals surface area contributed by atoms with Crippen LogP contribution >= 0.6 is 0 Å². The molecule has 0 saturated carbocycles. The van der Waals surface area contributed by atoms with Gasteiger partial charge in [0.15, 0.2) is 11.6 Å². The van der Waals surface area contributed by atoms with E-state index in [1.54, 1.807) is 32.2 Å². The van der Waals surface area contributed by atoms with Crippen LogP contribution in [0.15, 0.2) is 36.4 Å². The minimum absolute atomic E-state index is 0.0898. The molecule has 2 aromatic rings. The summed E-state index contributed by atoms with van der Waals surface area (Å²) in [5.74, 6) is -2.31. The van der Waals surface area contributed by atoms with Gasteiger partial charge in [0.2, 0.25) is 0 Å². The van der Waals surface area contributed by atoms with E-state index < -0.39 is 23.5 Å². The average molecular weight is 265 g/mol. The van der Waals surface area contributed by atoms with Crippen molar-refractivity contribution in [1.82, 2.24) is 5.32 Å². The quantitative estimate of drug-likeness (QED) is 0.891. The first-order chi connectivity index (χ1) is 9.06. The first kappa shape index (κ1) is 13.6. The second kappa shape index (κ2) is 5.45. The maximum absolute atomic E-state index is 14.1. The largest absolute Gasteiger partial charge is 0.309 e. The van der Waals surface area contributed by atoms with E-state index in [2.05, 4.69) is 5.32 Å². The molecule has 1 unspecified atom stereocenters. The second-order valence-corrected chi connectivity index (χ2v) is 4.34. The fraction of sp³-hybridized carbons (Fsp3) is 0.200. The number of halogens is 3. The molecule has 0 radical (unpaired) electrons. The Balaban J connectivity index is 2.57. The lowest BCUT2D eigenvalue weighted by Gasteiger charge is -2.19. The van der Waals surface area contributed by atoms with Crippen molar-refractivity contribution < 1.29 is 13.2 Å². The number of hydrogen-bond acceptors (Lipinski definition) is 1. The Morgan fingerprint density at radius 2 is 1.47 bits per heavy atom. The molecule has 100 valence electrons. The third kappa shape index (κ3) is 2.49. The molecule has 0 fully saturated rings. The highest BCUT2D eigenvalue weighted by atomic mass is 19.2. The van der Waals surface area contributed by atoms with Crippen molar-refractivity contribution in [1.29, 1.82) is 0 Å². The van der Waals surface area contributed by atoms with Gasteiger partial charge in [-0.15, -0.1) is 0 Å². The highest BCUT2D eigenvalue weighted by Crippen LogP contribution is 2.28. The van der Waals surface area contributed by atoms with Crippen molar-refractivity contribution in [3.05, 3.63) is 70.5 Å². The van der Waals surface area contributed by atoms with Gasteiger partial charge in [0.1, 0.15) is 5.82 Å². The molecule has 0 aliphatic carbocycles. The molecule has 1 N–H and O–H groups in total. The van der Waals surface area contributed by atoms with Crippen molar-refractivity contribution >= 4 is 0 Å². The SMILES string of the molecule is CNC(c1cccc(C)c1F)c1cccc(F)c1F. The Hall–Kier alpha value is -1.81. The van der Waals surface area contributed by atoms with E-state index in [0.29, 0.717) is 11.1 Å². The van der Waals surface area contributed by atoms with E-state index in [4.69, 9.17) is 0 Å². The Morgan fingerprint density at radius 3 is 2.11 bits per heavy atom. The lowest BCUT2D eigenvalue weighted by atomic mass is 9.96. The third-order valence-corrected chi connectivity index (χ3v) is 3.11. The molecule has 2 aromatic carbocycles. The summed E-state index contributed by atoms with van der Waals surface area (Å²) in [6.45, 7) is 1.63. The van der Waals surface area contributed by atoms with Gasteiger partial charge in [-0.1, -0.05) is 30.3 Å². The van der Waals surface area contributed by atoms with Crippen LogP contribution in [0.1, 0.15) is 22.7 Å². The van der Waals surface area contributed by atoms with Gasteiger partial charge >= 0.3 is 0 Å². The van der Waals surface area contributed by atoms with Crippen LogP contribution < -0.4 is 5.32 Å². The minimum Gasteiger partial charge on any atom is -0.309 e. The number of hydrogen-bond donors (Lipinski definition) is 1. The van der Waals surface area contributed by atoms with Gasteiger partial charge in [-0.25, -0.2) is 13.2 Å². The van der Waals surface area contributed by atoms with Gasteiger partial charge in [0.25, 0.3) is 0 Å². The molecule has 0 heterocycles. The van der Waals surface area contributed by atoms with Crippen molar-refractivity contribution in [2.75, 3.05) is 7.05 Å². The zero-order chi connectivity index (χ0) is 14.0. The zero-order valence-electron chi connectivity index (χ0n) is 10.7. The number of benzene rings is 2. The predicted molar refractivity (Wildman–Crippen MR) is 68.4 cm³/mol. The van der Waals surface area contributed by atoms with Crippen molar-refractivity contribution in [3.8, 4) is 0 Å². The summed E-state index contributed by atoms with van der Waals surface area (Å²) in [5.41, 5.74) is 0.855. The topological polar surface area (TPSA) is 12.0 Å². The molecule has 1 atom stereocenters. The van der Waals surface area contributed by atoms with Crippen molar-refractivity contribution in [3.63, 3.8) is 0 Å². The van der Waals surface area contributed by atoms with E-state index in [0.717, 1.165) is 6.07 Å². The molecule has 0 spiro atoms. The molecule has 4 heteroatoms. The molecule has 1 nitrogen and oxygen atoms in total. The Morgan fingerprint density at radius 1 is 0.895 bits per heavy atom. The Bertz CT molecular complexity index is 544. The third-order valence-electron chi connectivity index (χ3n) is 3.11. The van der Waals surface area contributed by atoms with Gasteiger partial charge in [0.05, 0.1) is 6.04 Å². The van der Waals surface area contributed by atoms with Crippen LogP contribution in [0.3, 0.4) is 0 Å². The van der Waals surface area contributed by atoms with Crippen LogP contribution in [0.5, 0.6) is 0 Å². The molecular formula is C15H14F3N. The number of rotatable bonds is 3. The maximum atomic E-state index is 14.1. The van der Waals surface area contributed by atoms with Gasteiger partial charge in [-0.05, 0) is 25.6 Å². The Labute approximate surface area is 110 Å². The monoisotopic (exact) mass is 265 g/mol. The summed E-state index contributed by atoms with van der Waals surface area (Å²) in [7, 11) is 1.58. The smallest absolute Gasteiger partial charge is 0.163 e. The number of nitrogens with one attached hydrogen (secondary N) is 1. The molecule has 0 amide bonds.